The number of hydrazine groups is 1. The number of aliphatic carboxylic acids is 1. The van der Waals surface area contributed by atoms with E-state index >= 15 is 0 Å². The molecule has 0 aromatic carbocycles. The molecule has 3 fully saturated rings. The van der Waals surface area contributed by atoms with Crippen LogP contribution in [0.4, 0.5) is 0 Å². The van der Waals surface area contributed by atoms with E-state index in [1.165, 1.54) is 5.01 Å². The number of rotatable bonds is 7. The van der Waals surface area contributed by atoms with Gasteiger partial charge in [-0.2, -0.15) is 0 Å². The van der Waals surface area contributed by atoms with Gasteiger partial charge in [0, 0.05) is 18.9 Å². The lowest BCUT2D eigenvalue weighted by molar-refractivity contribution is -0.176. The maximum absolute atomic E-state index is 13.4. The van der Waals surface area contributed by atoms with Crippen LogP contribution in [-0.2, 0) is 28.8 Å². The van der Waals surface area contributed by atoms with E-state index < -0.39 is 42.3 Å². The molecule has 4 amide bonds. The SMILES string of the molecule is O=C[C@H](CC(=O)O)NC(=O)[C@@H]1CCCN2C(=O)CC[C@H](NC(=O)C3CCCCC3)C(=O)N12. The van der Waals surface area contributed by atoms with Gasteiger partial charge in [0.1, 0.15) is 18.4 Å². The normalized spacial score (nSPS) is 25.4. The Hall–Kier alpha value is -2.98. The van der Waals surface area contributed by atoms with Crippen LogP contribution in [-0.4, -0.2) is 75.7 Å². The smallest absolute Gasteiger partial charge is 0.305 e. The fourth-order valence-electron chi connectivity index (χ4n) is 4.66. The minimum atomic E-state index is -1.25. The molecule has 3 aliphatic rings. The second-order valence-corrected chi connectivity index (χ2v) is 8.64. The molecular formula is C21H30N4O7. The highest BCUT2D eigenvalue weighted by atomic mass is 16.4. The second-order valence-electron chi connectivity index (χ2n) is 8.64. The third kappa shape index (κ3) is 5.43. The maximum Gasteiger partial charge on any atom is 0.305 e. The fourth-order valence-corrected chi connectivity index (χ4v) is 4.66. The summed E-state index contributed by atoms with van der Waals surface area (Å²) in [6.07, 6.45) is 5.22. The molecule has 11 nitrogen and oxygen atoms in total. The maximum atomic E-state index is 13.4. The molecule has 176 valence electrons. The van der Waals surface area contributed by atoms with Gasteiger partial charge >= 0.3 is 5.97 Å². The van der Waals surface area contributed by atoms with Crippen LogP contribution in [0.2, 0.25) is 0 Å². The molecule has 3 rings (SSSR count). The van der Waals surface area contributed by atoms with E-state index in [2.05, 4.69) is 10.6 Å². The molecule has 0 bridgehead atoms. The first kappa shape index (κ1) is 23.7. The highest BCUT2D eigenvalue weighted by Crippen LogP contribution is 2.27. The average molecular weight is 450 g/mol. The summed E-state index contributed by atoms with van der Waals surface area (Å²) in [5, 5.41) is 16.4. The molecule has 1 saturated carbocycles. The zero-order valence-electron chi connectivity index (χ0n) is 18.0. The Kier molecular flexibility index (Phi) is 7.81. The van der Waals surface area contributed by atoms with Crippen molar-refractivity contribution in [2.24, 2.45) is 5.92 Å². The zero-order chi connectivity index (χ0) is 23.3. The molecule has 3 atom stereocenters. The van der Waals surface area contributed by atoms with Gasteiger partial charge in [-0.25, -0.2) is 5.01 Å². The summed E-state index contributed by atoms with van der Waals surface area (Å²) < 4.78 is 0. The van der Waals surface area contributed by atoms with Gasteiger partial charge in [-0.3, -0.25) is 29.0 Å². The number of hydrogen-bond acceptors (Lipinski definition) is 6. The van der Waals surface area contributed by atoms with Gasteiger partial charge in [-0.05, 0) is 32.1 Å². The predicted octanol–water partition coefficient (Wildman–Crippen LogP) is -0.262. The minimum Gasteiger partial charge on any atom is -0.481 e. The molecule has 1 aliphatic carbocycles. The number of hydrogen-bond donors (Lipinski definition) is 3. The van der Waals surface area contributed by atoms with Crippen LogP contribution in [0.25, 0.3) is 0 Å². The van der Waals surface area contributed by atoms with E-state index in [9.17, 15) is 28.8 Å². The van der Waals surface area contributed by atoms with Crippen LogP contribution in [0, 0.1) is 5.92 Å². The Bertz CT molecular complexity index is 780. The van der Waals surface area contributed by atoms with Gasteiger partial charge in [0.15, 0.2) is 0 Å². The summed E-state index contributed by atoms with van der Waals surface area (Å²) in [6, 6.07) is -3.23. The minimum absolute atomic E-state index is 0.0577. The number of aldehydes is 1. The molecule has 3 N–H and O–H groups in total. The van der Waals surface area contributed by atoms with Crippen LogP contribution >= 0.6 is 0 Å². The summed E-state index contributed by atoms with van der Waals surface area (Å²) in [7, 11) is 0. The van der Waals surface area contributed by atoms with Crippen molar-refractivity contribution in [3.05, 3.63) is 0 Å². The Morgan fingerprint density at radius 3 is 2.41 bits per heavy atom. The highest BCUT2D eigenvalue weighted by Gasteiger charge is 2.45. The van der Waals surface area contributed by atoms with Crippen LogP contribution in [0.3, 0.4) is 0 Å². The molecule has 0 unspecified atom stereocenters. The zero-order valence-corrected chi connectivity index (χ0v) is 18.0. The van der Waals surface area contributed by atoms with Crippen LogP contribution < -0.4 is 10.6 Å². The molecule has 32 heavy (non-hydrogen) atoms. The first-order valence-electron chi connectivity index (χ1n) is 11.2. The Balaban J connectivity index is 1.76. The van der Waals surface area contributed by atoms with E-state index in [1.54, 1.807) is 0 Å². The van der Waals surface area contributed by atoms with Crippen molar-refractivity contribution in [2.45, 2.75) is 82.3 Å². The Labute approximate surface area is 185 Å². The molecule has 0 aromatic rings. The standard InChI is InChI=1S/C21H30N4O7/c26-12-14(11-18(28)29)22-20(31)16-7-4-10-24-17(27)9-8-15(21(32)25(16)24)23-19(30)13-5-2-1-3-6-13/h12-16H,1-11H2,(H,22,31)(H,23,30)(H,28,29)/t14-,15-,16-/m0/s1. The molecule has 11 heteroatoms. The van der Waals surface area contributed by atoms with E-state index in [-0.39, 0.29) is 43.5 Å². The topological polar surface area (TPSA) is 153 Å². The Morgan fingerprint density at radius 2 is 1.75 bits per heavy atom. The number of amides is 4. The molecule has 0 aromatic heterocycles. The number of nitrogens with one attached hydrogen (secondary N) is 2. The number of carboxylic acids is 1. The van der Waals surface area contributed by atoms with Gasteiger partial charge in [0.25, 0.3) is 5.91 Å². The van der Waals surface area contributed by atoms with Crippen LogP contribution in [0.1, 0.15) is 64.2 Å². The number of fused-ring (bicyclic) bond motifs is 1. The van der Waals surface area contributed by atoms with E-state index in [0.717, 1.165) is 37.1 Å². The third-order valence-corrected chi connectivity index (χ3v) is 6.34. The summed E-state index contributed by atoms with van der Waals surface area (Å²) in [4.78, 5) is 73.7. The monoisotopic (exact) mass is 450 g/mol. The molecule has 2 aliphatic heterocycles. The van der Waals surface area contributed by atoms with Crippen molar-refractivity contribution in [3.63, 3.8) is 0 Å². The quantitative estimate of drug-likeness (QED) is 0.452. The lowest BCUT2D eigenvalue weighted by Gasteiger charge is -2.43. The molecule has 2 heterocycles. The number of nitrogens with zero attached hydrogens (tertiary/aromatic N) is 2. The summed E-state index contributed by atoms with van der Waals surface area (Å²) in [5.74, 6) is -3.17. The predicted molar refractivity (Wildman–Crippen MR) is 110 cm³/mol. The van der Waals surface area contributed by atoms with Crippen molar-refractivity contribution in [3.8, 4) is 0 Å². The molecule has 0 radical (unpaired) electrons. The van der Waals surface area contributed by atoms with Gasteiger partial charge in [-0.1, -0.05) is 19.3 Å². The van der Waals surface area contributed by atoms with Crippen molar-refractivity contribution >= 4 is 35.9 Å². The average Bonchev–Trinajstić information content (AvgIpc) is 2.90. The van der Waals surface area contributed by atoms with E-state index in [1.807, 2.05) is 0 Å². The molecule has 0 spiro atoms. The van der Waals surface area contributed by atoms with Gasteiger partial charge in [-0.15, -0.1) is 0 Å². The fraction of sp³-hybridized carbons (Fsp3) is 0.714. The van der Waals surface area contributed by atoms with E-state index in [4.69, 9.17) is 5.11 Å². The summed E-state index contributed by atoms with van der Waals surface area (Å²) in [6.45, 7) is 0.268. The molecular weight excluding hydrogens is 420 g/mol. The lowest BCUT2D eigenvalue weighted by Crippen LogP contribution is -2.64. The highest BCUT2D eigenvalue weighted by molar-refractivity contribution is 5.96. The van der Waals surface area contributed by atoms with Gasteiger partial charge < -0.3 is 20.5 Å². The largest absolute Gasteiger partial charge is 0.481 e. The molecule has 2 saturated heterocycles. The second kappa shape index (κ2) is 10.6. The van der Waals surface area contributed by atoms with Crippen molar-refractivity contribution < 1.29 is 33.9 Å². The first-order valence-corrected chi connectivity index (χ1v) is 11.2. The van der Waals surface area contributed by atoms with Crippen molar-refractivity contribution in [1.82, 2.24) is 20.7 Å². The lowest BCUT2D eigenvalue weighted by atomic mass is 9.88. The van der Waals surface area contributed by atoms with Crippen molar-refractivity contribution in [1.29, 1.82) is 0 Å². The first-order chi connectivity index (χ1) is 15.3. The number of carbonyl (C=O) groups is 6. The number of carboxylic acid groups (broad SMARTS) is 1. The summed E-state index contributed by atoms with van der Waals surface area (Å²) >= 11 is 0. The van der Waals surface area contributed by atoms with Crippen LogP contribution in [0.15, 0.2) is 0 Å². The number of carbonyl (C=O) groups excluding carboxylic acids is 5. The third-order valence-electron chi connectivity index (χ3n) is 6.34. The summed E-state index contributed by atoms with van der Waals surface area (Å²) in [5.41, 5.74) is 0. The van der Waals surface area contributed by atoms with Gasteiger partial charge in [0.05, 0.1) is 12.5 Å². The van der Waals surface area contributed by atoms with E-state index in [0.29, 0.717) is 12.7 Å². The Morgan fingerprint density at radius 1 is 1.03 bits per heavy atom. The van der Waals surface area contributed by atoms with Crippen molar-refractivity contribution in [2.75, 3.05) is 6.54 Å². The van der Waals surface area contributed by atoms with Gasteiger partial charge in [0.2, 0.25) is 17.7 Å². The van der Waals surface area contributed by atoms with Crippen LogP contribution in [0.5, 0.6) is 0 Å².